The van der Waals surface area contributed by atoms with Crippen molar-refractivity contribution < 1.29 is 4.79 Å². The summed E-state index contributed by atoms with van der Waals surface area (Å²) in [6.45, 7) is 2.07. The minimum atomic E-state index is 0.00267. The molecule has 5 heteroatoms. The third kappa shape index (κ3) is 3.20. The Morgan fingerprint density at radius 3 is 2.54 bits per heavy atom. The smallest absolute Gasteiger partial charge is 0.254 e. The Morgan fingerprint density at radius 1 is 1.17 bits per heavy atom. The molecule has 0 saturated carbocycles. The zero-order chi connectivity index (χ0) is 16.9. The van der Waals surface area contributed by atoms with Crippen molar-refractivity contribution in [3.05, 3.63) is 78.6 Å². The lowest BCUT2D eigenvalue weighted by molar-refractivity contribution is 0.0726. The molecule has 0 spiro atoms. The number of carbonyl (C=O) groups is 1. The molecule has 24 heavy (non-hydrogen) atoms. The highest BCUT2D eigenvalue weighted by molar-refractivity contribution is 5.94. The number of nitrogens with zero attached hydrogens (tertiary/aromatic N) is 4. The minimum Gasteiger partial charge on any atom is -0.335 e. The highest BCUT2D eigenvalue weighted by Crippen LogP contribution is 2.24. The van der Waals surface area contributed by atoms with Crippen LogP contribution in [0.5, 0.6) is 0 Å². The second kappa shape index (κ2) is 7.08. The molecule has 2 heterocycles. The first-order chi connectivity index (χ1) is 11.7. The van der Waals surface area contributed by atoms with E-state index in [0.29, 0.717) is 5.56 Å². The van der Waals surface area contributed by atoms with Gasteiger partial charge in [0.05, 0.1) is 12.4 Å². The number of amides is 1. The van der Waals surface area contributed by atoms with Gasteiger partial charge in [0.25, 0.3) is 5.91 Å². The van der Waals surface area contributed by atoms with Gasteiger partial charge in [0.15, 0.2) is 0 Å². The van der Waals surface area contributed by atoms with Gasteiger partial charge in [0, 0.05) is 43.1 Å². The van der Waals surface area contributed by atoms with Crippen molar-refractivity contribution in [1.82, 2.24) is 19.4 Å². The minimum absolute atomic E-state index is 0.00267. The van der Waals surface area contributed by atoms with Crippen molar-refractivity contribution in [2.24, 2.45) is 0 Å². The van der Waals surface area contributed by atoms with E-state index >= 15 is 0 Å². The maximum absolute atomic E-state index is 12.8. The molecule has 0 N–H and O–H groups in total. The number of imidazole rings is 1. The van der Waals surface area contributed by atoms with Gasteiger partial charge < -0.3 is 9.47 Å². The summed E-state index contributed by atoms with van der Waals surface area (Å²) in [6.07, 6.45) is 9.73. The van der Waals surface area contributed by atoms with Crippen LogP contribution in [0.2, 0.25) is 0 Å². The molecule has 0 aliphatic rings. The Bertz CT molecular complexity index is 782. The van der Waals surface area contributed by atoms with E-state index in [4.69, 9.17) is 0 Å². The molecule has 1 aromatic carbocycles. The van der Waals surface area contributed by atoms with Crippen LogP contribution in [0.25, 0.3) is 5.69 Å². The third-order valence-electron chi connectivity index (χ3n) is 4.16. The lowest BCUT2D eigenvalue weighted by atomic mass is 10.0. The first-order valence-corrected chi connectivity index (χ1v) is 7.96. The summed E-state index contributed by atoms with van der Waals surface area (Å²) < 4.78 is 1.91. The van der Waals surface area contributed by atoms with Crippen LogP contribution in [0.1, 0.15) is 35.3 Å². The number of pyridine rings is 1. The second-order valence-electron chi connectivity index (χ2n) is 5.64. The lowest BCUT2D eigenvalue weighted by Gasteiger charge is -2.27. The van der Waals surface area contributed by atoms with Crippen molar-refractivity contribution in [1.29, 1.82) is 0 Å². The summed E-state index contributed by atoms with van der Waals surface area (Å²) in [6, 6.07) is 11.5. The molecule has 0 unspecified atom stereocenters. The van der Waals surface area contributed by atoms with E-state index in [1.54, 1.807) is 23.6 Å². The predicted molar refractivity (Wildman–Crippen MR) is 92.9 cm³/mol. The number of aromatic nitrogens is 3. The van der Waals surface area contributed by atoms with Gasteiger partial charge in [-0.2, -0.15) is 0 Å². The summed E-state index contributed by atoms with van der Waals surface area (Å²) >= 11 is 0. The van der Waals surface area contributed by atoms with Crippen LogP contribution in [0, 0.1) is 0 Å². The fraction of sp³-hybridized carbons (Fsp3) is 0.211. The van der Waals surface area contributed by atoms with Crippen LogP contribution in [0.3, 0.4) is 0 Å². The molecule has 0 aliphatic carbocycles. The van der Waals surface area contributed by atoms with Crippen LogP contribution in [0.15, 0.2) is 67.5 Å². The van der Waals surface area contributed by atoms with Gasteiger partial charge in [0.1, 0.15) is 0 Å². The van der Waals surface area contributed by atoms with Crippen LogP contribution in [0.4, 0.5) is 0 Å². The molecule has 2 aromatic heterocycles. The van der Waals surface area contributed by atoms with Crippen molar-refractivity contribution >= 4 is 5.91 Å². The third-order valence-corrected chi connectivity index (χ3v) is 4.16. The van der Waals surface area contributed by atoms with Gasteiger partial charge in [-0.15, -0.1) is 0 Å². The van der Waals surface area contributed by atoms with E-state index in [0.717, 1.165) is 17.7 Å². The Balaban J connectivity index is 1.80. The fourth-order valence-electron chi connectivity index (χ4n) is 2.84. The number of hydrogen-bond acceptors (Lipinski definition) is 3. The highest BCUT2D eigenvalue weighted by Gasteiger charge is 2.21. The monoisotopic (exact) mass is 320 g/mol. The van der Waals surface area contributed by atoms with E-state index in [-0.39, 0.29) is 11.9 Å². The number of hydrogen-bond donors (Lipinski definition) is 0. The van der Waals surface area contributed by atoms with Gasteiger partial charge in [-0.25, -0.2) is 4.98 Å². The van der Waals surface area contributed by atoms with Gasteiger partial charge in [-0.3, -0.25) is 9.78 Å². The standard InChI is InChI=1S/C19H20N4O/c1-3-18(16-5-4-10-20-13-16)22(2)19(24)15-6-8-17(9-7-15)23-12-11-21-14-23/h4-14,18H,3H2,1-2H3/t18-/m0/s1. The largest absolute Gasteiger partial charge is 0.335 e. The van der Waals surface area contributed by atoms with E-state index in [2.05, 4.69) is 16.9 Å². The average molecular weight is 320 g/mol. The molecule has 0 fully saturated rings. The first-order valence-electron chi connectivity index (χ1n) is 7.96. The molecule has 5 nitrogen and oxygen atoms in total. The molecule has 3 rings (SSSR count). The van der Waals surface area contributed by atoms with E-state index in [9.17, 15) is 4.79 Å². The summed E-state index contributed by atoms with van der Waals surface area (Å²) in [4.78, 5) is 22.8. The number of benzene rings is 1. The predicted octanol–water partition coefficient (Wildman–Crippen LogP) is 3.49. The Morgan fingerprint density at radius 2 is 1.96 bits per heavy atom. The lowest BCUT2D eigenvalue weighted by Crippen LogP contribution is -2.31. The topological polar surface area (TPSA) is 51.0 Å². The highest BCUT2D eigenvalue weighted by atomic mass is 16.2. The SMILES string of the molecule is CC[C@@H](c1cccnc1)N(C)C(=O)c1ccc(-n2ccnc2)cc1. The zero-order valence-corrected chi connectivity index (χ0v) is 13.8. The molecule has 0 bridgehead atoms. The Kier molecular flexibility index (Phi) is 4.70. The van der Waals surface area contributed by atoms with Gasteiger partial charge >= 0.3 is 0 Å². The molecule has 1 amide bonds. The zero-order valence-electron chi connectivity index (χ0n) is 13.8. The molecular formula is C19H20N4O. The van der Waals surface area contributed by atoms with E-state index in [1.807, 2.05) is 60.4 Å². The fourth-order valence-corrected chi connectivity index (χ4v) is 2.84. The average Bonchev–Trinajstić information content (AvgIpc) is 3.17. The second-order valence-corrected chi connectivity index (χ2v) is 5.64. The summed E-state index contributed by atoms with van der Waals surface area (Å²) in [5.41, 5.74) is 2.69. The Hall–Kier alpha value is -2.95. The molecule has 0 saturated heterocycles. The van der Waals surface area contributed by atoms with Crippen LogP contribution >= 0.6 is 0 Å². The van der Waals surface area contributed by atoms with Gasteiger partial charge in [-0.1, -0.05) is 13.0 Å². The summed E-state index contributed by atoms with van der Waals surface area (Å²) in [7, 11) is 1.84. The molecule has 0 radical (unpaired) electrons. The maximum atomic E-state index is 12.8. The number of carbonyl (C=O) groups excluding carboxylic acids is 1. The maximum Gasteiger partial charge on any atom is 0.254 e. The van der Waals surface area contributed by atoms with Crippen molar-refractivity contribution in [3.63, 3.8) is 0 Å². The molecular weight excluding hydrogens is 300 g/mol. The summed E-state index contributed by atoms with van der Waals surface area (Å²) in [5.74, 6) is 0.00267. The Labute approximate surface area is 141 Å². The first kappa shape index (κ1) is 15.9. The van der Waals surface area contributed by atoms with Crippen LogP contribution in [-0.4, -0.2) is 32.4 Å². The quantitative estimate of drug-likeness (QED) is 0.723. The molecule has 122 valence electrons. The molecule has 3 aromatic rings. The van der Waals surface area contributed by atoms with E-state index < -0.39 is 0 Å². The van der Waals surface area contributed by atoms with Crippen LogP contribution < -0.4 is 0 Å². The molecule has 0 aliphatic heterocycles. The molecule has 1 atom stereocenters. The van der Waals surface area contributed by atoms with Gasteiger partial charge in [-0.05, 0) is 42.3 Å². The van der Waals surface area contributed by atoms with Crippen molar-refractivity contribution in [2.45, 2.75) is 19.4 Å². The number of rotatable bonds is 5. The van der Waals surface area contributed by atoms with Crippen molar-refractivity contribution in [2.75, 3.05) is 7.05 Å². The normalized spacial score (nSPS) is 11.9. The van der Waals surface area contributed by atoms with E-state index in [1.165, 1.54) is 0 Å². The van der Waals surface area contributed by atoms with Gasteiger partial charge in [0.2, 0.25) is 0 Å². The van der Waals surface area contributed by atoms with Crippen LogP contribution in [-0.2, 0) is 0 Å². The van der Waals surface area contributed by atoms with Crippen molar-refractivity contribution in [3.8, 4) is 5.69 Å². The summed E-state index contributed by atoms with van der Waals surface area (Å²) in [5, 5.41) is 0.